The molecule has 90 valence electrons. The number of nitrogens with zero attached hydrogens (tertiary/aromatic N) is 2. The van der Waals surface area contributed by atoms with E-state index in [1.165, 1.54) is 25.2 Å². The molecule has 6 heteroatoms. The molecule has 0 radical (unpaired) electrons. The van der Waals surface area contributed by atoms with Crippen molar-refractivity contribution in [3.63, 3.8) is 0 Å². The normalized spacial score (nSPS) is 10.9. The smallest absolute Gasteiger partial charge is 0.388 e. The molecule has 0 fully saturated rings. The Kier molecular flexibility index (Phi) is 3.03. The highest BCUT2D eigenvalue weighted by atomic mass is 19.3. The van der Waals surface area contributed by atoms with Crippen LogP contribution in [0.1, 0.15) is 0 Å². The Balaban J connectivity index is 2.38. The molecule has 0 saturated heterocycles. The summed E-state index contributed by atoms with van der Waals surface area (Å²) in [6, 6.07) is 7.24. The topological polar surface area (TPSA) is 27.1 Å². The van der Waals surface area contributed by atoms with E-state index in [1.54, 1.807) is 12.1 Å². The van der Waals surface area contributed by atoms with Crippen molar-refractivity contribution in [2.24, 2.45) is 7.05 Å². The van der Waals surface area contributed by atoms with Crippen LogP contribution in [0.4, 0.5) is 13.2 Å². The SMILES string of the molecule is Cn1nc(-c2ccccc2F)cc1OC(F)F. The third-order valence-corrected chi connectivity index (χ3v) is 2.20. The van der Waals surface area contributed by atoms with Crippen molar-refractivity contribution in [2.75, 3.05) is 0 Å². The lowest BCUT2D eigenvalue weighted by molar-refractivity contribution is -0.0553. The van der Waals surface area contributed by atoms with Crippen LogP contribution in [-0.4, -0.2) is 16.4 Å². The molecular formula is C11H9F3N2O. The van der Waals surface area contributed by atoms with E-state index < -0.39 is 12.4 Å². The Morgan fingerprint density at radius 2 is 2.00 bits per heavy atom. The number of hydrogen-bond acceptors (Lipinski definition) is 2. The van der Waals surface area contributed by atoms with Crippen LogP contribution < -0.4 is 4.74 Å². The van der Waals surface area contributed by atoms with Crippen molar-refractivity contribution in [3.05, 3.63) is 36.1 Å². The molecule has 2 aromatic rings. The molecule has 1 aromatic carbocycles. The molecule has 1 aromatic heterocycles. The Morgan fingerprint density at radius 1 is 1.29 bits per heavy atom. The van der Waals surface area contributed by atoms with E-state index in [4.69, 9.17) is 0 Å². The molecule has 3 nitrogen and oxygen atoms in total. The van der Waals surface area contributed by atoms with Gasteiger partial charge in [0.1, 0.15) is 5.82 Å². The third kappa shape index (κ3) is 2.41. The zero-order chi connectivity index (χ0) is 12.4. The standard InChI is InChI=1S/C11H9F3N2O/c1-16-10(17-11(13)14)6-9(15-16)7-4-2-3-5-8(7)12/h2-6,11H,1H3. The van der Waals surface area contributed by atoms with Crippen LogP contribution in [0.5, 0.6) is 5.88 Å². The summed E-state index contributed by atoms with van der Waals surface area (Å²) >= 11 is 0. The molecule has 0 unspecified atom stereocenters. The monoisotopic (exact) mass is 242 g/mol. The fourth-order valence-electron chi connectivity index (χ4n) is 1.45. The van der Waals surface area contributed by atoms with E-state index in [2.05, 4.69) is 9.84 Å². The van der Waals surface area contributed by atoms with Gasteiger partial charge < -0.3 is 4.74 Å². The van der Waals surface area contributed by atoms with E-state index in [1.807, 2.05) is 0 Å². The Morgan fingerprint density at radius 3 is 2.65 bits per heavy atom. The molecule has 0 amide bonds. The summed E-state index contributed by atoms with van der Waals surface area (Å²) in [7, 11) is 1.45. The number of ether oxygens (including phenoxy) is 1. The molecule has 0 saturated carbocycles. The number of aromatic nitrogens is 2. The van der Waals surface area contributed by atoms with Gasteiger partial charge in [-0.2, -0.15) is 13.9 Å². The fourth-order valence-corrected chi connectivity index (χ4v) is 1.45. The van der Waals surface area contributed by atoms with Crippen LogP contribution in [-0.2, 0) is 7.05 Å². The van der Waals surface area contributed by atoms with Crippen molar-refractivity contribution >= 4 is 0 Å². The largest absolute Gasteiger partial charge is 0.417 e. The van der Waals surface area contributed by atoms with Gasteiger partial charge in [0.15, 0.2) is 0 Å². The van der Waals surface area contributed by atoms with Gasteiger partial charge in [-0.25, -0.2) is 9.07 Å². The van der Waals surface area contributed by atoms with Crippen LogP contribution in [0.3, 0.4) is 0 Å². The van der Waals surface area contributed by atoms with Crippen molar-refractivity contribution in [1.29, 1.82) is 0 Å². The fraction of sp³-hybridized carbons (Fsp3) is 0.182. The zero-order valence-electron chi connectivity index (χ0n) is 8.90. The molecule has 0 N–H and O–H groups in total. The minimum absolute atomic E-state index is 0.113. The van der Waals surface area contributed by atoms with Gasteiger partial charge in [0.25, 0.3) is 0 Å². The van der Waals surface area contributed by atoms with Gasteiger partial charge in [0.2, 0.25) is 5.88 Å². The lowest BCUT2D eigenvalue weighted by atomic mass is 10.1. The zero-order valence-corrected chi connectivity index (χ0v) is 8.90. The number of alkyl halides is 2. The summed E-state index contributed by atoms with van der Waals surface area (Å²) in [5, 5.41) is 3.91. The average molecular weight is 242 g/mol. The van der Waals surface area contributed by atoms with Crippen molar-refractivity contribution < 1.29 is 17.9 Å². The Labute approximate surface area is 95.4 Å². The molecule has 0 aliphatic heterocycles. The van der Waals surface area contributed by atoms with Crippen molar-refractivity contribution in [2.45, 2.75) is 6.61 Å². The second kappa shape index (κ2) is 4.48. The van der Waals surface area contributed by atoms with Crippen LogP contribution >= 0.6 is 0 Å². The van der Waals surface area contributed by atoms with Gasteiger partial charge in [-0.15, -0.1) is 0 Å². The van der Waals surface area contributed by atoms with Crippen LogP contribution in [0.25, 0.3) is 11.3 Å². The number of benzene rings is 1. The lowest BCUT2D eigenvalue weighted by Gasteiger charge is -2.01. The Hall–Kier alpha value is -1.98. The summed E-state index contributed by atoms with van der Waals surface area (Å²) in [6.07, 6.45) is 0. The maximum Gasteiger partial charge on any atom is 0.388 e. The Bertz CT molecular complexity index is 525. The first kappa shape index (κ1) is 11.5. The predicted molar refractivity (Wildman–Crippen MR) is 55.2 cm³/mol. The van der Waals surface area contributed by atoms with Crippen LogP contribution in [0.2, 0.25) is 0 Å². The highest BCUT2D eigenvalue weighted by Gasteiger charge is 2.14. The van der Waals surface area contributed by atoms with E-state index >= 15 is 0 Å². The van der Waals surface area contributed by atoms with E-state index in [-0.39, 0.29) is 17.1 Å². The molecular weight excluding hydrogens is 233 g/mol. The van der Waals surface area contributed by atoms with Crippen LogP contribution in [0.15, 0.2) is 30.3 Å². The van der Waals surface area contributed by atoms with Crippen molar-refractivity contribution in [1.82, 2.24) is 9.78 Å². The quantitative estimate of drug-likeness (QED) is 0.827. The van der Waals surface area contributed by atoms with Gasteiger partial charge >= 0.3 is 6.61 Å². The van der Waals surface area contributed by atoms with E-state index in [0.29, 0.717) is 0 Å². The summed E-state index contributed by atoms with van der Waals surface area (Å²) in [6.45, 7) is -2.93. The maximum absolute atomic E-state index is 13.4. The van der Waals surface area contributed by atoms with Gasteiger partial charge in [-0.05, 0) is 12.1 Å². The highest BCUT2D eigenvalue weighted by molar-refractivity contribution is 5.60. The lowest BCUT2D eigenvalue weighted by Crippen LogP contribution is -2.05. The summed E-state index contributed by atoms with van der Waals surface area (Å²) in [4.78, 5) is 0. The van der Waals surface area contributed by atoms with Gasteiger partial charge in [-0.3, -0.25) is 0 Å². The second-order valence-corrected chi connectivity index (χ2v) is 3.35. The van der Waals surface area contributed by atoms with Gasteiger partial charge in [0, 0.05) is 18.7 Å². The molecule has 2 rings (SSSR count). The number of rotatable bonds is 3. The summed E-state index contributed by atoms with van der Waals surface area (Å²) in [5.74, 6) is -0.576. The molecule has 17 heavy (non-hydrogen) atoms. The molecule has 1 heterocycles. The first-order valence-electron chi connectivity index (χ1n) is 4.81. The maximum atomic E-state index is 13.4. The van der Waals surface area contributed by atoms with Crippen molar-refractivity contribution in [3.8, 4) is 17.1 Å². The molecule has 0 aliphatic carbocycles. The predicted octanol–water partition coefficient (Wildman–Crippen LogP) is 2.83. The molecule has 0 bridgehead atoms. The average Bonchev–Trinajstić information content (AvgIpc) is 2.60. The number of hydrogen-bond donors (Lipinski definition) is 0. The summed E-state index contributed by atoms with van der Waals surface area (Å²) < 4.78 is 42.9. The molecule has 0 atom stereocenters. The van der Waals surface area contributed by atoms with Crippen LogP contribution in [0, 0.1) is 5.82 Å². The van der Waals surface area contributed by atoms with E-state index in [9.17, 15) is 13.2 Å². The first-order chi connectivity index (χ1) is 8.08. The minimum atomic E-state index is -2.93. The molecule has 0 aliphatic rings. The number of aryl methyl sites for hydroxylation is 1. The number of halogens is 3. The third-order valence-electron chi connectivity index (χ3n) is 2.20. The molecule has 0 spiro atoms. The second-order valence-electron chi connectivity index (χ2n) is 3.35. The van der Waals surface area contributed by atoms with Gasteiger partial charge in [0.05, 0.1) is 5.69 Å². The highest BCUT2D eigenvalue weighted by Crippen LogP contribution is 2.25. The minimum Gasteiger partial charge on any atom is -0.417 e. The van der Waals surface area contributed by atoms with Gasteiger partial charge in [-0.1, -0.05) is 12.1 Å². The van der Waals surface area contributed by atoms with E-state index in [0.717, 1.165) is 4.68 Å². The first-order valence-corrected chi connectivity index (χ1v) is 4.81. The summed E-state index contributed by atoms with van der Waals surface area (Å²) in [5.41, 5.74) is 0.494.